The molecule has 1 unspecified atom stereocenters. The second-order valence-electron chi connectivity index (χ2n) is 5.06. The van der Waals surface area contributed by atoms with Crippen molar-refractivity contribution in [3.8, 4) is 0 Å². The van der Waals surface area contributed by atoms with Crippen LogP contribution >= 0.6 is 0 Å². The molecule has 1 aromatic heterocycles. The third-order valence-electron chi connectivity index (χ3n) is 2.75. The third kappa shape index (κ3) is 5.85. The van der Waals surface area contributed by atoms with Gasteiger partial charge in [-0.15, -0.1) is 0 Å². The highest BCUT2D eigenvalue weighted by atomic mass is 16.5. The molecule has 6 heteroatoms. The van der Waals surface area contributed by atoms with E-state index < -0.39 is 6.10 Å². The van der Waals surface area contributed by atoms with Crippen molar-refractivity contribution in [2.75, 3.05) is 18.4 Å². The number of anilines is 1. The minimum Gasteiger partial charge on any atom is -0.392 e. The molecule has 2 N–H and O–H groups in total. The molecule has 0 aliphatic carbocycles. The Morgan fingerprint density at radius 2 is 2.21 bits per heavy atom. The van der Waals surface area contributed by atoms with Gasteiger partial charge in [-0.25, -0.2) is 0 Å². The predicted molar refractivity (Wildman–Crippen MR) is 72.9 cm³/mol. The zero-order chi connectivity index (χ0) is 14.4. The molecule has 0 radical (unpaired) electrons. The van der Waals surface area contributed by atoms with Crippen LogP contribution in [0.15, 0.2) is 10.6 Å². The SMILES string of the molecule is Cc1cc(NC(=O)CCN(CC(C)O)C(C)C)no1. The van der Waals surface area contributed by atoms with Crippen LogP contribution in [0.3, 0.4) is 0 Å². The molecule has 0 bridgehead atoms. The van der Waals surface area contributed by atoms with Crippen molar-refractivity contribution in [1.29, 1.82) is 0 Å². The summed E-state index contributed by atoms with van der Waals surface area (Å²) >= 11 is 0. The molecule has 0 aliphatic heterocycles. The monoisotopic (exact) mass is 269 g/mol. The Morgan fingerprint density at radius 1 is 1.53 bits per heavy atom. The van der Waals surface area contributed by atoms with Gasteiger partial charge in [-0.05, 0) is 27.7 Å². The molecule has 1 amide bonds. The first kappa shape index (κ1) is 15.7. The summed E-state index contributed by atoms with van der Waals surface area (Å²) in [5.41, 5.74) is 0. The van der Waals surface area contributed by atoms with Crippen LogP contribution in [0.25, 0.3) is 0 Å². The van der Waals surface area contributed by atoms with E-state index in [9.17, 15) is 9.90 Å². The van der Waals surface area contributed by atoms with E-state index >= 15 is 0 Å². The molecule has 19 heavy (non-hydrogen) atoms. The quantitative estimate of drug-likeness (QED) is 0.782. The van der Waals surface area contributed by atoms with Gasteiger partial charge in [0, 0.05) is 31.6 Å². The van der Waals surface area contributed by atoms with Crippen LogP contribution in [-0.4, -0.2) is 46.3 Å². The number of aliphatic hydroxyl groups excluding tert-OH is 1. The maximum absolute atomic E-state index is 11.8. The van der Waals surface area contributed by atoms with Crippen molar-refractivity contribution in [2.45, 2.75) is 46.3 Å². The van der Waals surface area contributed by atoms with Crippen LogP contribution < -0.4 is 5.32 Å². The fraction of sp³-hybridized carbons (Fsp3) is 0.692. The molecule has 0 fully saturated rings. The van der Waals surface area contributed by atoms with Gasteiger partial charge in [-0.3, -0.25) is 9.69 Å². The largest absolute Gasteiger partial charge is 0.392 e. The first-order valence-corrected chi connectivity index (χ1v) is 6.53. The Morgan fingerprint density at radius 3 is 2.68 bits per heavy atom. The second kappa shape index (κ2) is 7.25. The summed E-state index contributed by atoms with van der Waals surface area (Å²) in [6.07, 6.45) is -0.0415. The zero-order valence-corrected chi connectivity index (χ0v) is 12.0. The number of hydrogen-bond acceptors (Lipinski definition) is 5. The minimum absolute atomic E-state index is 0.107. The van der Waals surface area contributed by atoms with Gasteiger partial charge in [0.25, 0.3) is 0 Å². The summed E-state index contributed by atoms with van der Waals surface area (Å²) in [6, 6.07) is 1.96. The molecule has 6 nitrogen and oxygen atoms in total. The number of aryl methyl sites for hydroxylation is 1. The normalized spacial score (nSPS) is 13.0. The minimum atomic E-state index is -0.399. The molecular formula is C13H23N3O3. The lowest BCUT2D eigenvalue weighted by molar-refractivity contribution is -0.116. The van der Waals surface area contributed by atoms with Crippen molar-refractivity contribution < 1.29 is 14.4 Å². The smallest absolute Gasteiger partial charge is 0.226 e. The van der Waals surface area contributed by atoms with Gasteiger partial charge in [0.2, 0.25) is 5.91 Å². The Hall–Kier alpha value is -1.40. The zero-order valence-electron chi connectivity index (χ0n) is 12.0. The second-order valence-corrected chi connectivity index (χ2v) is 5.06. The highest BCUT2D eigenvalue weighted by Gasteiger charge is 2.14. The van der Waals surface area contributed by atoms with Crippen LogP contribution in [0.4, 0.5) is 5.82 Å². The predicted octanol–water partition coefficient (Wildman–Crippen LogP) is 1.40. The molecule has 1 atom stereocenters. The first-order valence-electron chi connectivity index (χ1n) is 6.53. The van der Waals surface area contributed by atoms with Crippen molar-refractivity contribution in [3.05, 3.63) is 11.8 Å². The van der Waals surface area contributed by atoms with Gasteiger partial charge in [0.1, 0.15) is 5.76 Å². The number of nitrogens with one attached hydrogen (secondary N) is 1. The fourth-order valence-electron chi connectivity index (χ4n) is 1.78. The summed E-state index contributed by atoms with van der Waals surface area (Å²) < 4.78 is 4.87. The van der Waals surface area contributed by atoms with E-state index in [1.807, 2.05) is 13.8 Å². The number of aliphatic hydroxyl groups is 1. The van der Waals surface area contributed by atoms with Crippen LogP contribution in [0.2, 0.25) is 0 Å². The standard InChI is InChI=1S/C13H23N3O3/c1-9(2)16(8-10(3)17)6-5-13(18)14-12-7-11(4)19-15-12/h7,9-10,17H,5-6,8H2,1-4H3,(H,14,15,18). The number of nitrogens with zero attached hydrogens (tertiary/aromatic N) is 2. The third-order valence-corrected chi connectivity index (χ3v) is 2.75. The van der Waals surface area contributed by atoms with Gasteiger partial charge < -0.3 is 14.9 Å². The number of amides is 1. The van der Waals surface area contributed by atoms with E-state index in [1.165, 1.54) is 0 Å². The van der Waals surface area contributed by atoms with E-state index in [0.717, 1.165) is 0 Å². The molecule has 0 spiro atoms. The van der Waals surface area contributed by atoms with Crippen LogP contribution in [-0.2, 0) is 4.79 Å². The molecule has 1 heterocycles. The number of carbonyl (C=O) groups is 1. The summed E-state index contributed by atoms with van der Waals surface area (Å²) in [5.74, 6) is 0.992. The van der Waals surface area contributed by atoms with Crippen LogP contribution in [0, 0.1) is 6.92 Å². The van der Waals surface area contributed by atoms with Crippen molar-refractivity contribution in [3.63, 3.8) is 0 Å². The van der Waals surface area contributed by atoms with E-state index in [0.29, 0.717) is 31.1 Å². The molecule has 0 aliphatic rings. The van der Waals surface area contributed by atoms with E-state index in [2.05, 4.69) is 15.4 Å². The first-order chi connectivity index (χ1) is 8.88. The molecule has 0 saturated carbocycles. The molecular weight excluding hydrogens is 246 g/mol. The van der Waals surface area contributed by atoms with Crippen molar-refractivity contribution >= 4 is 11.7 Å². The summed E-state index contributed by atoms with van der Waals surface area (Å²) in [7, 11) is 0. The lowest BCUT2D eigenvalue weighted by atomic mass is 10.2. The van der Waals surface area contributed by atoms with Crippen LogP contribution in [0.5, 0.6) is 0 Å². The number of carbonyl (C=O) groups excluding carboxylic acids is 1. The van der Waals surface area contributed by atoms with Gasteiger partial charge in [0.15, 0.2) is 5.82 Å². The fourth-order valence-corrected chi connectivity index (χ4v) is 1.78. The molecule has 108 valence electrons. The van der Waals surface area contributed by atoms with E-state index in [-0.39, 0.29) is 11.9 Å². The average molecular weight is 269 g/mol. The topological polar surface area (TPSA) is 78.6 Å². The van der Waals surface area contributed by atoms with E-state index in [4.69, 9.17) is 4.52 Å². The lowest BCUT2D eigenvalue weighted by Crippen LogP contribution is -2.38. The van der Waals surface area contributed by atoms with Crippen LogP contribution in [0.1, 0.15) is 33.0 Å². The number of aromatic nitrogens is 1. The molecule has 1 aromatic rings. The highest BCUT2D eigenvalue weighted by molar-refractivity contribution is 5.89. The number of rotatable bonds is 7. The average Bonchev–Trinajstić information content (AvgIpc) is 2.69. The van der Waals surface area contributed by atoms with Gasteiger partial charge in [0.05, 0.1) is 6.10 Å². The molecule has 1 rings (SSSR count). The molecule has 0 aromatic carbocycles. The van der Waals surface area contributed by atoms with Gasteiger partial charge in [-0.2, -0.15) is 0 Å². The molecule has 0 saturated heterocycles. The van der Waals surface area contributed by atoms with Gasteiger partial charge in [-0.1, -0.05) is 5.16 Å². The van der Waals surface area contributed by atoms with E-state index in [1.54, 1.807) is 19.9 Å². The Balaban J connectivity index is 2.39. The Kier molecular flexibility index (Phi) is 5.98. The number of hydrogen-bond donors (Lipinski definition) is 2. The summed E-state index contributed by atoms with van der Waals surface area (Å²) in [4.78, 5) is 13.8. The highest BCUT2D eigenvalue weighted by Crippen LogP contribution is 2.08. The van der Waals surface area contributed by atoms with Crippen molar-refractivity contribution in [1.82, 2.24) is 10.1 Å². The Labute approximate surface area is 113 Å². The van der Waals surface area contributed by atoms with Crippen molar-refractivity contribution in [2.24, 2.45) is 0 Å². The maximum Gasteiger partial charge on any atom is 0.226 e. The Bertz CT molecular complexity index is 402. The summed E-state index contributed by atoms with van der Waals surface area (Å²) in [5, 5.41) is 15.8. The lowest BCUT2D eigenvalue weighted by Gasteiger charge is -2.27. The summed E-state index contributed by atoms with van der Waals surface area (Å²) in [6.45, 7) is 8.77. The maximum atomic E-state index is 11.8. The van der Waals surface area contributed by atoms with Gasteiger partial charge >= 0.3 is 0 Å².